The third-order valence-corrected chi connectivity index (χ3v) is 4.04. The number of benzene rings is 2. The second-order valence-corrected chi connectivity index (χ2v) is 5.99. The Labute approximate surface area is 142 Å². The Balaban J connectivity index is 1.78. The van der Waals surface area contributed by atoms with Crippen LogP contribution >= 0.6 is 23.8 Å². The standard InChI is InChI=1S/C18H21ClN2S/c1-2-17(15-6-4-3-5-7-15)21-18(22)20-13-12-14-8-10-16(19)11-9-14/h3-11,17H,2,12-13H2,1H3,(H2,20,21,22). The van der Waals surface area contributed by atoms with Crippen LogP contribution in [0.3, 0.4) is 0 Å². The summed E-state index contributed by atoms with van der Waals surface area (Å²) in [6.45, 7) is 2.96. The Morgan fingerprint density at radius 3 is 2.41 bits per heavy atom. The van der Waals surface area contributed by atoms with Gasteiger partial charge in [0.1, 0.15) is 0 Å². The van der Waals surface area contributed by atoms with E-state index in [0.717, 1.165) is 24.4 Å². The fourth-order valence-corrected chi connectivity index (χ4v) is 2.66. The minimum absolute atomic E-state index is 0.247. The van der Waals surface area contributed by atoms with Crippen LogP contribution in [-0.4, -0.2) is 11.7 Å². The molecule has 0 amide bonds. The Bertz CT molecular complexity index is 584. The van der Waals surface area contributed by atoms with Gasteiger partial charge in [-0.3, -0.25) is 0 Å². The topological polar surface area (TPSA) is 24.1 Å². The van der Waals surface area contributed by atoms with Crippen molar-refractivity contribution in [2.24, 2.45) is 0 Å². The molecular formula is C18H21ClN2S. The SMILES string of the molecule is CCC(NC(=S)NCCc1ccc(Cl)cc1)c1ccccc1. The van der Waals surface area contributed by atoms with Gasteiger partial charge in [-0.05, 0) is 48.3 Å². The van der Waals surface area contributed by atoms with Gasteiger partial charge in [0, 0.05) is 11.6 Å². The first kappa shape index (κ1) is 16.8. The Kier molecular flexibility index (Phi) is 6.69. The number of rotatable bonds is 6. The number of hydrogen-bond acceptors (Lipinski definition) is 1. The second-order valence-electron chi connectivity index (χ2n) is 5.15. The quantitative estimate of drug-likeness (QED) is 0.762. The van der Waals surface area contributed by atoms with E-state index in [1.54, 1.807) is 0 Å². The number of thiocarbonyl (C=S) groups is 1. The zero-order chi connectivity index (χ0) is 15.8. The monoisotopic (exact) mass is 332 g/mol. The Hall–Kier alpha value is -1.58. The summed E-state index contributed by atoms with van der Waals surface area (Å²) in [6, 6.07) is 18.5. The van der Waals surface area contributed by atoms with Crippen LogP contribution < -0.4 is 10.6 Å². The second kappa shape index (κ2) is 8.76. The minimum Gasteiger partial charge on any atom is -0.362 e. The molecule has 0 saturated carbocycles. The van der Waals surface area contributed by atoms with E-state index in [1.807, 2.05) is 30.3 Å². The molecule has 2 aromatic rings. The number of hydrogen-bond donors (Lipinski definition) is 2. The van der Waals surface area contributed by atoms with Gasteiger partial charge in [0.2, 0.25) is 0 Å². The molecule has 0 radical (unpaired) electrons. The van der Waals surface area contributed by atoms with Crippen molar-refractivity contribution in [2.75, 3.05) is 6.54 Å². The number of nitrogens with one attached hydrogen (secondary N) is 2. The average Bonchev–Trinajstić information content (AvgIpc) is 2.55. The Morgan fingerprint density at radius 2 is 1.77 bits per heavy atom. The molecule has 22 heavy (non-hydrogen) atoms. The van der Waals surface area contributed by atoms with Gasteiger partial charge in [0.25, 0.3) is 0 Å². The van der Waals surface area contributed by atoms with Crippen LogP contribution in [0.15, 0.2) is 54.6 Å². The molecular weight excluding hydrogens is 312 g/mol. The average molecular weight is 333 g/mol. The molecule has 0 aliphatic heterocycles. The van der Waals surface area contributed by atoms with Crippen molar-refractivity contribution in [3.63, 3.8) is 0 Å². The van der Waals surface area contributed by atoms with Gasteiger partial charge in [-0.2, -0.15) is 0 Å². The molecule has 1 unspecified atom stereocenters. The zero-order valence-electron chi connectivity index (χ0n) is 12.7. The maximum absolute atomic E-state index is 5.88. The molecule has 0 fully saturated rings. The van der Waals surface area contributed by atoms with E-state index in [9.17, 15) is 0 Å². The zero-order valence-corrected chi connectivity index (χ0v) is 14.3. The highest BCUT2D eigenvalue weighted by atomic mass is 35.5. The predicted molar refractivity (Wildman–Crippen MR) is 98.4 cm³/mol. The summed E-state index contributed by atoms with van der Waals surface area (Å²) in [4.78, 5) is 0. The summed E-state index contributed by atoms with van der Waals surface area (Å²) in [5.41, 5.74) is 2.50. The van der Waals surface area contributed by atoms with Crippen molar-refractivity contribution >= 4 is 28.9 Å². The van der Waals surface area contributed by atoms with E-state index in [-0.39, 0.29) is 6.04 Å². The molecule has 2 rings (SSSR count). The fraction of sp³-hybridized carbons (Fsp3) is 0.278. The molecule has 0 saturated heterocycles. The first-order valence-electron chi connectivity index (χ1n) is 7.52. The summed E-state index contributed by atoms with van der Waals surface area (Å²) in [6.07, 6.45) is 1.91. The van der Waals surface area contributed by atoms with Crippen LogP contribution in [0.1, 0.15) is 30.5 Å². The molecule has 2 nitrogen and oxygen atoms in total. The van der Waals surface area contributed by atoms with E-state index < -0.39 is 0 Å². The van der Waals surface area contributed by atoms with Crippen LogP contribution in [0.25, 0.3) is 0 Å². The van der Waals surface area contributed by atoms with Gasteiger partial charge < -0.3 is 10.6 Å². The van der Waals surface area contributed by atoms with Crippen molar-refractivity contribution in [1.82, 2.24) is 10.6 Å². The van der Waals surface area contributed by atoms with E-state index in [4.69, 9.17) is 23.8 Å². The first-order valence-corrected chi connectivity index (χ1v) is 8.31. The molecule has 0 spiro atoms. The van der Waals surface area contributed by atoms with E-state index in [1.165, 1.54) is 11.1 Å². The van der Waals surface area contributed by atoms with Gasteiger partial charge in [0.15, 0.2) is 5.11 Å². The number of halogens is 1. The molecule has 2 N–H and O–H groups in total. The van der Waals surface area contributed by atoms with Gasteiger partial charge >= 0.3 is 0 Å². The van der Waals surface area contributed by atoms with Gasteiger partial charge in [-0.25, -0.2) is 0 Å². The molecule has 0 aliphatic rings. The predicted octanol–water partition coefficient (Wildman–Crippen LogP) is 4.50. The molecule has 0 heterocycles. The van der Waals surface area contributed by atoms with Crippen LogP contribution in [0, 0.1) is 0 Å². The molecule has 0 aromatic heterocycles. The van der Waals surface area contributed by atoms with Crippen LogP contribution in [0.4, 0.5) is 0 Å². The molecule has 0 aliphatic carbocycles. The lowest BCUT2D eigenvalue weighted by molar-refractivity contribution is 0.616. The molecule has 1 atom stereocenters. The Morgan fingerprint density at radius 1 is 1.09 bits per heavy atom. The maximum Gasteiger partial charge on any atom is 0.166 e. The highest BCUT2D eigenvalue weighted by molar-refractivity contribution is 7.80. The lowest BCUT2D eigenvalue weighted by Crippen LogP contribution is -2.38. The normalized spacial score (nSPS) is 11.7. The van der Waals surface area contributed by atoms with Gasteiger partial charge in [0.05, 0.1) is 6.04 Å². The fourth-order valence-electron chi connectivity index (χ4n) is 2.29. The summed E-state index contributed by atoms with van der Waals surface area (Å²) in [7, 11) is 0. The molecule has 2 aromatic carbocycles. The van der Waals surface area contributed by atoms with Crippen molar-refractivity contribution in [3.8, 4) is 0 Å². The summed E-state index contributed by atoms with van der Waals surface area (Å²) < 4.78 is 0. The van der Waals surface area contributed by atoms with Gasteiger partial charge in [-0.15, -0.1) is 0 Å². The molecule has 0 bridgehead atoms. The maximum atomic E-state index is 5.88. The minimum atomic E-state index is 0.247. The van der Waals surface area contributed by atoms with E-state index in [0.29, 0.717) is 5.11 Å². The smallest absolute Gasteiger partial charge is 0.166 e. The highest BCUT2D eigenvalue weighted by Gasteiger charge is 2.09. The summed E-state index contributed by atoms with van der Waals surface area (Å²) in [5.74, 6) is 0. The summed E-state index contributed by atoms with van der Waals surface area (Å²) >= 11 is 11.3. The van der Waals surface area contributed by atoms with Crippen molar-refractivity contribution < 1.29 is 0 Å². The molecule has 4 heteroatoms. The van der Waals surface area contributed by atoms with E-state index >= 15 is 0 Å². The van der Waals surface area contributed by atoms with E-state index in [2.05, 4.69) is 41.8 Å². The highest BCUT2D eigenvalue weighted by Crippen LogP contribution is 2.15. The lowest BCUT2D eigenvalue weighted by Gasteiger charge is -2.20. The van der Waals surface area contributed by atoms with Gasteiger partial charge in [-0.1, -0.05) is 61.0 Å². The van der Waals surface area contributed by atoms with Crippen LogP contribution in [-0.2, 0) is 6.42 Å². The third kappa shape index (κ3) is 5.32. The largest absolute Gasteiger partial charge is 0.362 e. The van der Waals surface area contributed by atoms with Crippen LogP contribution in [0.5, 0.6) is 0 Å². The molecule has 116 valence electrons. The third-order valence-electron chi connectivity index (χ3n) is 3.53. The lowest BCUT2D eigenvalue weighted by atomic mass is 10.1. The van der Waals surface area contributed by atoms with Crippen LogP contribution in [0.2, 0.25) is 5.02 Å². The van der Waals surface area contributed by atoms with Crippen molar-refractivity contribution in [2.45, 2.75) is 25.8 Å². The van der Waals surface area contributed by atoms with Crippen molar-refractivity contribution in [1.29, 1.82) is 0 Å². The van der Waals surface area contributed by atoms with Crippen molar-refractivity contribution in [3.05, 3.63) is 70.7 Å². The summed E-state index contributed by atoms with van der Waals surface area (Å²) in [5, 5.41) is 8.11. The first-order chi connectivity index (χ1) is 10.7.